The minimum absolute atomic E-state index is 0. The Bertz CT molecular complexity index is 858. The van der Waals surface area contributed by atoms with Crippen LogP contribution in [0.5, 0.6) is 17.2 Å². The second-order valence-electron chi connectivity index (χ2n) is 7.93. The van der Waals surface area contributed by atoms with Gasteiger partial charge in [-0.2, -0.15) is 0 Å². The Morgan fingerprint density at radius 1 is 1.03 bits per heavy atom. The Morgan fingerprint density at radius 2 is 1.70 bits per heavy atom. The maximum absolute atomic E-state index is 12.5. The molecular weight excluding hydrogens is 463 g/mol. The fraction of sp³-hybridized carbons (Fsp3) is 0.480. The Balaban J connectivity index is 0.00000272. The number of Topliss-reactive ketones (excluding diaryl/α,β-unsaturated/α-hetero) is 1. The van der Waals surface area contributed by atoms with Crippen molar-refractivity contribution in [2.24, 2.45) is 5.92 Å². The lowest BCUT2D eigenvalue weighted by atomic mass is 9.90. The van der Waals surface area contributed by atoms with E-state index in [1.165, 1.54) is 0 Å². The van der Waals surface area contributed by atoms with Crippen LogP contribution in [0.2, 0.25) is 0 Å². The topological polar surface area (TPSA) is 74.0 Å². The number of para-hydroxylation sites is 2. The molecule has 33 heavy (non-hydrogen) atoms. The number of methoxy groups -OCH3 is 1. The molecule has 184 valence electrons. The number of carbonyl (C=O) groups is 1. The average molecular weight is 499 g/mol. The van der Waals surface area contributed by atoms with E-state index >= 15 is 0 Å². The molecule has 1 fully saturated rings. The van der Waals surface area contributed by atoms with Crippen molar-refractivity contribution in [3.63, 3.8) is 0 Å². The molecule has 2 aromatic carbocycles. The molecule has 0 unspecified atom stereocenters. The molecule has 1 heterocycles. The predicted molar refractivity (Wildman–Crippen MR) is 138 cm³/mol. The molecule has 2 N–H and O–H groups in total. The lowest BCUT2D eigenvalue weighted by molar-refractivity contribution is 0.0959. The quantitative estimate of drug-likeness (QED) is 0.335. The van der Waals surface area contributed by atoms with Crippen molar-refractivity contribution in [3.05, 3.63) is 48.0 Å². The number of nitrogens with zero attached hydrogens (tertiary/aromatic N) is 1. The first kappa shape index (κ1) is 28.9. The van der Waals surface area contributed by atoms with Gasteiger partial charge in [0.2, 0.25) is 0 Å². The maximum Gasteiger partial charge on any atom is 0.162 e. The van der Waals surface area contributed by atoms with Gasteiger partial charge in [0.25, 0.3) is 0 Å². The molecule has 1 aliphatic rings. The summed E-state index contributed by atoms with van der Waals surface area (Å²) in [6.07, 6.45) is 3.73. The highest BCUT2D eigenvalue weighted by Crippen LogP contribution is 2.27. The van der Waals surface area contributed by atoms with E-state index in [0.29, 0.717) is 42.6 Å². The van der Waals surface area contributed by atoms with E-state index in [1.807, 2.05) is 31.2 Å². The van der Waals surface area contributed by atoms with E-state index in [-0.39, 0.29) is 30.6 Å². The number of likely N-dealkylation sites (tertiary alicyclic amines) is 1. The zero-order valence-electron chi connectivity index (χ0n) is 19.5. The van der Waals surface area contributed by atoms with Crippen LogP contribution < -0.4 is 19.9 Å². The molecule has 0 radical (unpaired) electrons. The Kier molecular flexibility index (Phi) is 13.0. The van der Waals surface area contributed by atoms with E-state index in [4.69, 9.17) is 19.9 Å². The molecule has 0 saturated carbocycles. The zero-order chi connectivity index (χ0) is 22.1. The second kappa shape index (κ2) is 14.9. The number of carbonyl (C=O) groups excluding carboxylic acids is 1. The van der Waals surface area contributed by atoms with Crippen LogP contribution in [-0.4, -0.2) is 50.6 Å². The van der Waals surface area contributed by atoms with Crippen LogP contribution in [0.4, 0.5) is 5.69 Å². The minimum Gasteiger partial charge on any atom is -0.495 e. The molecule has 3 rings (SSSR count). The van der Waals surface area contributed by atoms with Gasteiger partial charge in [-0.1, -0.05) is 12.1 Å². The van der Waals surface area contributed by atoms with Crippen molar-refractivity contribution in [2.75, 3.05) is 45.7 Å². The monoisotopic (exact) mass is 498 g/mol. The number of rotatable bonds is 11. The summed E-state index contributed by atoms with van der Waals surface area (Å²) in [6.45, 7) is 6.24. The maximum atomic E-state index is 12.5. The predicted octanol–water partition coefficient (Wildman–Crippen LogP) is 5.27. The van der Waals surface area contributed by atoms with Crippen molar-refractivity contribution in [2.45, 2.75) is 32.6 Å². The van der Waals surface area contributed by atoms with E-state index in [9.17, 15) is 4.79 Å². The third-order valence-electron chi connectivity index (χ3n) is 5.85. The van der Waals surface area contributed by atoms with Crippen LogP contribution in [0.15, 0.2) is 42.5 Å². The molecule has 0 aromatic heterocycles. The highest BCUT2D eigenvalue weighted by molar-refractivity contribution is 5.97. The Hall–Kier alpha value is -2.15. The van der Waals surface area contributed by atoms with Crippen molar-refractivity contribution in [1.29, 1.82) is 0 Å². The van der Waals surface area contributed by atoms with Crippen LogP contribution in [0.1, 0.15) is 43.0 Å². The van der Waals surface area contributed by atoms with Gasteiger partial charge in [0.1, 0.15) is 12.4 Å². The molecule has 8 heteroatoms. The summed E-state index contributed by atoms with van der Waals surface area (Å²) >= 11 is 0. The lowest BCUT2D eigenvalue weighted by Gasteiger charge is -2.31. The van der Waals surface area contributed by atoms with Gasteiger partial charge in [0, 0.05) is 18.5 Å². The van der Waals surface area contributed by atoms with Gasteiger partial charge in [0.15, 0.2) is 17.3 Å². The van der Waals surface area contributed by atoms with E-state index in [1.54, 1.807) is 25.3 Å². The summed E-state index contributed by atoms with van der Waals surface area (Å²) < 4.78 is 16.7. The van der Waals surface area contributed by atoms with Crippen molar-refractivity contribution in [1.82, 2.24) is 4.90 Å². The molecule has 1 aliphatic heterocycles. The summed E-state index contributed by atoms with van der Waals surface area (Å²) in [5.41, 5.74) is 7.10. The number of piperidine rings is 1. The first-order chi connectivity index (χ1) is 15.1. The Morgan fingerprint density at radius 3 is 2.30 bits per heavy atom. The SMILES string of the molecule is CCOc1ccccc1OCCN1CCC(CCC(=O)c2ccc(OC)c(N)c2)CC1.Cl.Cl. The lowest BCUT2D eigenvalue weighted by Crippen LogP contribution is -2.36. The molecule has 0 atom stereocenters. The molecule has 0 spiro atoms. The highest BCUT2D eigenvalue weighted by Gasteiger charge is 2.20. The van der Waals surface area contributed by atoms with E-state index in [2.05, 4.69) is 4.90 Å². The standard InChI is InChI=1S/C25H34N2O4.2ClH/c1-3-30-24-6-4-5-7-25(24)31-17-16-27-14-12-19(13-15-27)8-10-22(28)20-9-11-23(29-2)21(26)18-20;;/h4-7,9,11,18-19H,3,8,10,12-17,26H2,1-2H3;2*1H. The molecule has 0 bridgehead atoms. The van der Waals surface area contributed by atoms with Gasteiger partial charge < -0.3 is 19.9 Å². The van der Waals surface area contributed by atoms with Crippen LogP contribution in [0, 0.1) is 5.92 Å². The number of ketones is 1. The summed E-state index contributed by atoms with van der Waals surface area (Å²) in [5.74, 6) is 2.95. The molecule has 0 amide bonds. The third-order valence-corrected chi connectivity index (χ3v) is 5.85. The third kappa shape index (κ3) is 8.61. The molecule has 2 aromatic rings. The molecule has 6 nitrogen and oxygen atoms in total. The minimum atomic E-state index is 0. The number of nitrogen functional groups attached to an aromatic ring is 1. The number of nitrogens with two attached hydrogens (primary N) is 1. The van der Waals surface area contributed by atoms with E-state index in [0.717, 1.165) is 50.4 Å². The average Bonchev–Trinajstić information content (AvgIpc) is 2.79. The molecule has 0 aliphatic carbocycles. The zero-order valence-corrected chi connectivity index (χ0v) is 21.1. The van der Waals surface area contributed by atoms with Gasteiger partial charge in [-0.3, -0.25) is 9.69 Å². The first-order valence-corrected chi connectivity index (χ1v) is 11.1. The van der Waals surface area contributed by atoms with Crippen molar-refractivity contribution >= 4 is 36.3 Å². The fourth-order valence-corrected chi connectivity index (χ4v) is 4.01. The first-order valence-electron chi connectivity index (χ1n) is 11.1. The smallest absolute Gasteiger partial charge is 0.162 e. The number of benzene rings is 2. The second-order valence-corrected chi connectivity index (χ2v) is 7.93. The molecule has 1 saturated heterocycles. The van der Waals surface area contributed by atoms with E-state index < -0.39 is 0 Å². The van der Waals surface area contributed by atoms with Gasteiger partial charge in [-0.15, -0.1) is 24.8 Å². The van der Waals surface area contributed by atoms with Crippen molar-refractivity contribution < 1.29 is 19.0 Å². The van der Waals surface area contributed by atoms with Crippen LogP contribution in [0.3, 0.4) is 0 Å². The van der Waals surface area contributed by atoms with Crippen LogP contribution in [-0.2, 0) is 0 Å². The van der Waals surface area contributed by atoms with Gasteiger partial charge in [-0.05, 0) is 75.5 Å². The van der Waals surface area contributed by atoms with Gasteiger partial charge >= 0.3 is 0 Å². The normalized spacial score (nSPS) is 14.0. The highest BCUT2D eigenvalue weighted by atomic mass is 35.5. The van der Waals surface area contributed by atoms with Crippen LogP contribution in [0.25, 0.3) is 0 Å². The summed E-state index contributed by atoms with van der Waals surface area (Å²) in [7, 11) is 1.57. The number of halogens is 2. The summed E-state index contributed by atoms with van der Waals surface area (Å²) in [5, 5.41) is 0. The van der Waals surface area contributed by atoms with Crippen LogP contribution >= 0.6 is 24.8 Å². The number of hydrogen-bond donors (Lipinski definition) is 1. The van der Waals surface area contributed by atoms with Gasteiger partial charge in [0.05, 0.1) is 19.4 Å². The molecular formula is C25H36Cl2N2O4. The fourth-order valence-electron chi connectivity index (χ4n) is 4.01. The number of anilines is 1. The van der Waals surface area contributed by atoms with Gasteiger partial charge in [-0.25, -0.2) is 0 Å². The van der Waals surface area contributed by atoms with Crippen molar-refractivity contribution in [3.8, 4) is 17.2 Å². The largest absolute Gasteiger partial charge is 0.495 e. The number of hydrogen-bond acceptors (Lipinski definition) is 6. The number of ether oxygens (including phenoxy) is 3. The Labute approximate surface area is 209 Å². The summed E-state index contributed by atoms with van der Waals surface area (Å²) in [4.78, 5) is 15.0. The summed E-state index contributed by atoms with van der Waals surface area (Å²) in [6, 6.07) is 13.1.